The molecule has 0 amide bonds. The fourth-order valence-electron chi connectivity index (χ4n) is 2.93. The SMILES string of the molecule is CCSc1ccccc1C1=NC2CC(C(O)C(F)(F)F)=CN=C2N1C. The van der Waals surface area contributed by atoms with Gasteiger partial charge in [-0.05, 0) is 17.4 Å². The Bertz CT molecular complexity index is 758. The third-order valence-corrected chi connectivity index (χ3v) is 5.07. The molecule has 0 aliphatic carbocycles. The number of benzene rings is 1. The standard InChI is InChI=1S/C17H18F3N3OS/c1-3-25-13-7-5-4-6-11(13)15-22-12-8-10(14(24)17(18,19)20)9-21-16(12)23(15)2/h4-7,9,12,14,24H,3,8H2,1-2H3. The zero-order chi connectivity index (χ0) is 18.2. The molecule has 0 aromatic heterocycles. The lowest BCUT2D eigenvalue weighted by molar-refractivity contribution is -0.192. The number of halogens is 3. The highest BCUT2D eigenvalue weighted by Gasteiger charge is 2.44. The van der Waals surface area contributed by atoms with Gasteiger partial charge in [-0.2, -0.15) is 13.2 Å². The van der Waals surface area contributed by atoms with Gasteiger partial charge in [0.2, 0.25) is 0 Å². The highest BCUT2D eigenvalue weighted by molar-refractivity contribution is 7.99. The van der Waals surface area contributed by atoms with Gasteiger partial charge in [-0.1, -0.05) is 25.1 Å². The van der Waals surface area contributed by atoms with Gasteiger partial charge in [-0.25, -0.2) is 4.99 Å². The summed E-state index contributed by atoms with van der Waals surface area (Å²) in [5, 5.41) is 9.47. The van der Waals surface area contributed by atoms with Crippen LogP contribution in [0.15, 0.2) is 50.9 Å². The largest absolute Gasteiger partial charge is 0.418 e. The number of aliphatic hydroxyl groups excluding tert-OH is 1. The lowest BCUT2D eigenvalue weighted by atomic mass is 9.99. The summed E-state index contributed by atoms with van der Waals surface area (Å²) in [5.74, 6) is 2.20. The van der Waals surface area contributed by atoms with E-state index in [1.54, 1.807) is 11.8 Å². The highest BCUT2D eigenvalue weighted by atomic mass is 32.2. The predicted octanol–water partition coefficient (Wildman–Crippen LogP) is 3.47. The number of aliphatic imine (C=N–C) groups is 2. The summed E-state index contributed by atoms with van der Waals surface area (Å²) in [6.07, 6.45) is -6.06. The minimum atomic E-state index is -4.69. The first kappa shape index (κ1) is 18.0. The summed E-state index contributed by atoms with van der Waals surface area (Å²) >= 11 is 1.68. The van der Waals surface area contributed by atoms with E-state index in [1.165, 1.54) is 0 Å². The van der Waals surface area contributed by atoms with Crippen molar-refractivity contribution in [1.29, 1.82) is 0 Å². The topological polar surface area (TPSA) is 48.2 Å². The summed E-state index contributed by atoms with van der Waals surface area (Å²) in [4.78, 5) is 11.6. The molecule has 4 nitrogen and oxygen atoms in total. The zero-order valence-electron chi connectivity index (χ0n) is 13.8. The third-order valence-electron chi connectivity index (χ3n) is 4.12. The molecule has 0 fully saturated rings. The second-order valence-electron chi connectivity index (χ2n) is 5.80. The van der Waals surface area contributed by atoms with Crippen LogP contribution >= 0.6 is 11.8 Å². The summed E-state index contributed by atoms with van der Waals surface area (Å²) < 4.78 is 38.2. The van der Waals surface area contributed by atoms with Gasteiger partial charge < -0.3 is 10.0 Å². The number of hydrogen-bond acceptors (Lipinski definition) is 5. The average molecular weight is 369 g/mol. The van der Waals surface area contributed by atoms with Gasteiger partial charge >= 0.3 is 6.18 Å². The Morgan fingerprint density at radius 1 is 1.36 bits per heavy atom. The molecule has 0 saturated heterocycles. The number of fused-ring (bicyclic) bond motifs is 1. The van der Waals surface area contributed by atoms with Gasteiger partial charge in [-0.15, -0.1) is 11.8 Å². The fraction of sp³-hybridized carbons (Fsp3) is 0.412. The Hall–Kier alpha value is -1.80. The Balaban J connectivity index is 1.90. The Morgan fingerprint density at radius 3 is 2.76 bits per heavy atom. The van der Waals surface area contributed by atoms with Crippen molar-refractivity contribution in [2.45, 2.75) is 36.6 Å². The number of likely N-dealkylation sites (N-methyl/N-ethyl adjacent to an activating group) is 1. The van der Waals surface area contributed by atoms with Crippen molar-refractivity contribution < 1.29 is 18.3 Å². The molecule has 0 radical (unpaired) electrons. The van der Waals surface area contributed by atoms with Crippen LogP contribution in [0.2, 0.25) is 0 Å². The van der Waals surface area contributed by atoms with Crippen LogP contribution in [0.25, 0.3) is 0 Å². The number of alkyl halides is 3. The molecular formula is C17H18F3N3OS. The van der Waals surface area contributed by atoms with Crippen LogP contribution in [0.3, 0.4) is 0 Å². The minimum absolute atomic E-state index is 0.0104. The number of hydrogen-bond donors (Lipinski definition) is 1. The monoisotopic (exact) mass is 369 g/mol. The zero-order valence-corrected chi connectivity index (χ0v) is 14.6. The molecule has 0 spiro atoms. The molecule has 2 aliphatic heterocycles. The molecule has 1 N–H and O–H groups in total. The first-order chi connectivity index (χ1) is 11.8. The molecule has 2 unspecified atom stereocenters. The second-order valence-corrected chi connectivity index (χ2v) is 7.10. The Labute approximate surface area is 148 Å². The summed E-state index contributed by atoms with van der Waals surface area (Å²) in [6, 6.07) is 7.30. The van der Waals surface area contributed by atoms with E-state index < -0.39 is 18.3 Å². The van der Waals surface area contributed by atoms with E-state index in [-0.39, 0.29) is 12.0 Å². The van der Waals surface area contributed by atoms with Gasteiger partial charge in [0.05, 0.1) is 0 Å². The molecular weight excluding hydrogens is 351 g/mol. The van der Waals surface area contributed by atoms with Crippen LogP contribution in [-0.4, -0.2) is 52.8 Å². The van der Waals surface area contributed by atoms with Crippen molar-refractivity contribution in [3.63, 3.8) is 0 Å². The van der Waals surface area contributed by atoms with E-state index in [2.05, 4.69) is 16.9 Å². The van der Waals surface area contributed by atoms with E-state index >= 15 is 0 Å². The molecule has 3 rings (SSSR count). The number of aliphatic hydroxyl groups is 1. The first-order valence-electron chi connectivity index (χ1n) is 7.88. The molecule has 0 bridgehead atoms. The van der Waals surface area contributed by atoms with Crippen molar-refractivity contribution in [1.82, 2.24) is 4.90 Å². The molecule has 8 heteroatoms. The van der Waals surface area contributed by atoms with E-state index in [0.29, 0.717) is 11.7 Å². The van der Waals surface area contributed by atoms with Gasteiger partial charge in [0.1, 0.15) is 17.7 Å². The van der Waals surface area contributed by atoms with Crippen molar-refractivity contribution in [3.05, 3.63) is 41.6 Å². The average Bonchev–Trinajstić information content (AvgIpc) is 2.90. The molecule has 134 valence electrons. The quantitative estimate of drug-likeness (QED) is 0.827. The van der Waals surface area contributed by atoms with Gasteiger partial charge in [0.15, 0.2) is 6.10 Å². The van der Waals surface area contributed by atoms with E-state index in [0.717, 1.165) is 22.4 Å². The molecule has 1 aromatic carbocycles. The van der Waals surface area contributed by atoms with Crippen molar-refractivity contribution in [3.8, 4) is 0 Å². The maximum atomic E-state index is 12.7. The van der Waals surface area contributed by atoms with Crippen LogP contribution in [0.1, 0.15) is 18.9 Å². The Morgan fingerprint density at radius 2 is 2.08 bits per heavy atom. The summed E-state index contributed by atoms with van der Waals surface area (Å²) in [5.41, 5.74) is 0.780. The fourth-order valence-corrected chi connectivity index (χ4v) is 3.73. The van der Waals surface area contributed by atoms with Crippen LogP contribution in [0.5, 0.6) is 0 Å². The van der Waals surface area contributed by atoms with Gasteiger partial charge in [0, 0.05) is 30.1 Å². The number of thioether (sulfide) groups is 1. The van der Waals surface area contributed by atoms with Crippen molar-refractivity contribution in [2.75, 3.05) is 12.8 Å². The first-order valence-corrected chi connectivity index (χ1v) is 8.86. The van der Waals surface area contributed by atoms with Crippen LogP contribution < -0.4 is 0 Å². The lowest BCUT2D eigenvalue weighted by Crippen LogP contribution is -2.37. The second kappa shape index (κ2) is 6.84. The summed E-state index contributed by atoms with van der Waals surface area (Å²) in [6.45, 7) is 2.06. The van der Waals surface area contributed by atoms with E-state index in [4.69, 9.17) is 0 Å². The van der Waals surface area contributed by atoms with Gasteiger partial charge in [-0.3, -0.25) is 4.99 Å². The summed E-state index contributed by atoms with van der Waals surface area (Å²) in [7, 11) is 1.81. The molecule has 0 saturated carbocycles. The third kappa shape index (κ3) is 3.46. The Kier molecular flexibility index (Phi) is 4.92. The van der Waals surface area contributed by atoms with Crippen molar-refractivity contribution >= 4 is 23.4 Å². The predicted molar refractivity (Wildman–Crippen MR) is 93.1 cm³/mol. The molecule has 2 heterocycles. The lowest BCUT2D eigenvalue weighted by Gasteiger charge is -2.24. The number of rotatable bonds is 4. The normalized spacial score (nSPS) is 21.4. The minimum Gasteiger partial charge on any atom is -0.379 e. The molecule has 25 heavy (non-hydrogen) atoms. The number of amidine groups is 2. The molecule has 2 aliphatic rings. The van der Waals surface area contributed by atoms with E-state index in [9.17, 15) is 18.3 Å². The maximum absolute atomic E-state index is 12.7. The molecule has 1 aromatic rings. The van der Waals surface area contributed by atoms with Crippen molar-refractivity contribution in [2.24, 2.45) is 9.98 Å². The van der Waals surface area contributed by atoms with Crippen LogP contribution in [0, 0.1) is 0 Å². The van der Waals surface area contributed by atoms with Gasteiger partial charge in [0.25, 0.3) is 0 Å². The van der Waals surface area contributed by atoms with E-state index in [1.807, 2.05) is 36.2 Å². The highest BCUT2D eigenvalue weighted by Crippen LogP contribution is 2.34. The smallest absolute Gasteiger partial charge is 0.379 e. The van der Waals surface area contributed by atoms with Crippen LogP contribution in [-0.2, 0) is 0 Å². The van der Waals surface area contributed by atoms with Crippen LogP contribution in [0.4, 0.5) is 13.2 Å². The number of nitrogens with zero attached hydrogens (tertiary/aromatic N) is 3. The maximum Gasteiger partial charge on any atom is 0.418 e. The molecule has 2 atom stereocenters.